The first-order chi connectivity index (χ1) is 28.0. The zero-order valence-electron chi connectivity index (χ0n) is 39.3. The van der Waals surface area contributed by atoms with Gasteiger partial charge in [-0.1, -0.05) is 99.1 Å². The molecule has 1 aliphatic heterocycles. The molecular formula is C46H79N5O8S. The maximum Gasteiger partial charge on any atom is 0.326 e. The summed E-state index contributed by atoms with van der Waals surface area (Å²) < 4.78 is 11.9. The minimum Gasteiger partial charge on any atom is -0.480 e. The monoisotopic (exact) mass is 862 g/mol. The lowest BCUT2D eigenvalue weighted by molar-refractivity contribution is -0.148. The van der Waals surface area contributed by atoms with Crippen molar-refractivity contribution in [2.45, 2.75) is 161 Å². The Labute approximate surface area is 365 Å². The molecule has 0 saturated carbocycles. The van der Waals surface area contributed by atoms with Crippen LogP contribution in [0.25, 0.3) is 0 Å². The first kappa shape index (κ1) is 52.9. The molecule has 1 heterocycles. The van der Waals surface area contributed by atoms with Crippen LogP contribution in [0.5, 0.6) is 0 Å². The van der Waals surface area contributed by atoms with Crippen LogP contribution >= 0.6 is 11.8 Å². The molecule has 1 fully saturated rings. The number of hydrogen-bond acceptors (Lipinski definition) is 9. The smallest absolute Gasteiger partial charge is 0.326 e. The topological polar surface area (TPSA) is 158 Å². The number of likely N-dealkylation sites (N-methyl/N-ethyl adjacent to an activating group) is 2. The van der Waals surface area contributed by atoms with Gasteiger partial charge < -0.3 is 35.0 Å². The lowest BCUT2D eigenvalue weighted by atomic mass is 9.89. The number of likely N-dealkylation sites (tertiary alicyclic amines) is 1. The highest BCUT2D eigenvalue weighted by atomic mass is 32.2. The minimum atomic E-state index is -1.14. The van der Waals surface area contributed by atoms with E-state index in [2.05, 4.69) is 43.2 Å². The number of nitrogens with zero attached hydrogens (tertiary/aromatic N) is 3. The van der Waals surface area contributed by atoms with Gasteiger partial charge in [-0.3, -0.25) is 24.1 Å². The molecule has 1 aliphatic rings. The number of amides is 4. The fourth-order valence-corrected chi connectivity index (χ4v) is 10.6. The van der Waals surface area contributed by atoms with Crippen molar-refractivity contribution in [1.29, 1.82) is 0 Å². The van der Waals surface area contributed by atoms with E-state index in [4.69, 9.17) is 9.47 Å². The van der Waals surface area contributed by atoms with Crippen molar-refractivity contribution in [3.05, 3.63) is 35.9 Å². The Morgan fingerprint density at radius 2 is 1.53 bits per heavy atom. The van der Waals surface area contributed by atoms with E-state index < -0.39 is 60.2 Å². The Hall–Kier alpha value is -3.20. The number of carboxylic acid groups (broad SMARTS) is 1. The Morgan fingerprint density at radius 1 is 0.917 bits per heavy atom. The molecule has 9 atom stereocenters. The van der Waals surface area contributed by atoms with Gasteiger partial charge in [0.15, 0.2) is 0 Å². The number of rotatable bonds is 25. The van der Waals surface area contributed by atoms with E-state index in [1.807, 2.05) is 90.7 Å². The predicted octanol–water partition coefficient (Wildman–Crippen LogP) is 5.74. The van der Waals surface area contributed by atoms with Crippen molar-refractivity contribution in [3.63, 3.8) is 0 Å². The molecule has 13 nitrogen and oxygen atoms in total. The maximum absolute atomic E-state index is 14.5. The number of ether oxygens (including phenoxy) is 2. The fourth-order valence-electron chi connectivity index (χ4n) is 9.02. The molecule has 0 aromatic heterocycles. The van der Waals surface area contributed by atoms with Crippen molar-refractivity contribution in [2.75, 3.05) is 41.4 Å². The normalized spacial score (nSPS) is 18.8. The van der Waals surface area contributed by atoms with E-state index in [-0.39, 0.29) is 53.1 Å². The summed E-state index contributed by atoms with van der Waals surface area (Å²) in [7, 11) is 6.76. The third kappa shape index (κ3) is 15.0. The van der Waals surface area contributed by atoms with Crippen LogP contribution in [-0.4, -0.2) is 143 Å². The number of carboxylic acids is 1. The summed E-state index contributed by atoms with van der Waals surface area (Å²) in [5.74, 6) is -3.26. The summed E-state index contributed by atoms with van der Waals surface area (Å²) in [6.45, 7) is 23.6. The molecule has 4 amide bonds. The number of methoxy groups -OCH3 is 2. The average Bonchev–Trinajstić information content (AvgIpc) is 3.65. The molecule has 1 aromatic carbocycles. The maximum atomic E-state index is 14.5. The van der Waals surface area contributed by atoms with Crippen LogP contribution in [-0.2, 0) is 39.9 Å². The minimum absolute atomic E-state index is 0.00183. The highest BCUT2D eigenvalue weighted by molar-refractivity contribution is 8.01. The SMILES string of the molecule is CC[C@H](C)[C@@H]([C@@H](CC(=O)N1CCC[C@H]1[C@H](OC)[C@@H](C)C(=O)N[C@@H](Cc1ccccc1)C(=O)O)OC)N(C)C(=O)[C@@H](NC(=O)[C@H](C(C)C)N(C)CC(C)(C)SC(C)C)C(C)C. The molecule has 1 aromatic rings. The number of aliphatic carboxylic acids is 1. The quantitative estimate of drug-likeness (QED) is 0.111. The molecule has 0 bridgehead atoms. The van der Waals surface area contributed by atoms with E-state index in [0.29, 0.717) is 37.6 Å². The van der Waals surface area contributed by atoms with Crippen LogP contribution in [0, 0.1) is 23.7 Å². The number of carbonyl (C=O) groups excluding carboxylic acids is 4. The molecule has 0 unspecified atom stereocenters. The second kappa shape index (κ2) is 24.4. The largest absolute Gasteiger partial charge is 0.480 e. The second-order valence-corrected chi connectivity index (χ2v) is 20.7. The van der Waals surface area contributed by atoms with Gasteiger partial charge >= 0.3 is 5.97 Å². The summed E-state index contributed by atoms with van der Waals surface area (Å²) in [6.07, 6.45) is 0.778. The van der Waals surface area contributed by atoms with Crippen molar-refractivity contribution in [2.24, 2.45) is 23.7 Å². The zero-order chi connectivity index (χ0) is 45.6. The fraction of sp³-hybridized carbons (Fsp3) is 0.761. The lowest BCUT2D eigenvalue weighted by Crippen LogP contribution is -2.60. The number of benzene rings is 1. The number of carbonyl (C=O) groups is 5. The van der Waals surface area contributed by atoms with Crippen molar-refractivity contribution in [3.8, 4) is 0 Å². The highest BCUT2D eigenvalue weighted by Gasteiger charge is 2.44. The van der Waals surface area contributed by atoms with Gasteiger partial charge in [0.2, 0.25) is 23.6 Å². The van der Waals surface area contributed by atoms with Crippen LogP contribution < -0.4 is 10.6 Å². The van der Waals surface area contributed by atoms with Gasteiger partial charge in [0.05, 0.1) is 42.7 Å². The Kier molecular flexibility index (Phi) is 21.6. The van der Waals surface area contributed by atoms with Gasteiger partial charge in [-0.15, -0.1) is 0 Å². The molecule has 0 aliphatic carbocycles. The Morgan fingerprint density at radius 3 is 2.03 bits per heavy atom. The second-order valence-electron chi connectivity index (χ2n) is 18.4. The van der Waals surface area contributed by atoms with Crippen molar-refractivity contribution >= 4 is 41.4 Å². The molecule has 0 radical (unpaired) electrons. The molecule has 342 valence electrons. The molecule has 60 heavy (non-hydrogen) atoms. The highest BCUT2D eigenvalue weighted by Crippen LogP contribution is 2.32. The number of nitrogens with one attached hydrogen (secondary N) is 2. The van der Waals surface area contributed by atoms with Gasteiger partial charge in [0.1, 0.15) is 12.1 Å². The van der Waals surface area contributed by atoms with Crippen molar-refractivity contribution in [1.82, 2.24) is 25.3 Å². The zero-order valence-corrected chi connectivity index (χ0v) is 40.1. The Balaban J connectivity index is 2.29. The predicted molar refractivity (Wildman–Crippen MR) is 241 cm³/mol. The third-order valence-electron chi connectivity index (χ3n) is 11.9. The number of hydrogen-bond donors (Lipinski definition) is 3. The molecule has 1 saturated heterocycles. The van der Waals surface area contributed by atoms with Gasteiger partial charge in [-0.2, -0.15) is 11.8 Å². The van der Waals surface area contributed by atoms with E-state index in [1.165, 1.54) is 7.11 Å². The van der Waals surface area contributed by atoms with E-state index >= 15 is 0 Å². The van der Waals surface area contributed by atoms with Crippen LogP contribution in [0.1, 0.15) is 107 Å². The first-order valence-electron chi connectivity index (χ1n) is 21.9. The van der Waals surface area contributed by atoms with E-state index in [0.717, 1.165) is 5.56 Å². The summed E-state index contributed by atoms with van der Waals surface area (Å²) in [6, 6.07) is 5.82. The van der Waals surface area contributed by atoms with E-state index in [9.17, 15) is 29.1 Å². The molecular weight excluding hydrogens is 783 g/mol. The molecule has 0 spiro atoms. The summed E-state index contributed by atoms with van der Waals surface area (Å²) >= 11 is 1.87. The van der Waals surface area contributed by atoms with Crippen molar-refractivity contribution < 1.29 is 38.6 Å². The average molecular weight is 862 g/mol. The van der Waals surface area contributed by atoms with Gasteiger partial charge in [0, 0.05) is 45.5 Å². The summed E-state index contributed by atoms with van der Waals surface area (Å²) in [4.78, 5) is 74.2. The molecule has 14 heteroatoms. The van der Waals surface area contributed by atoms with Gasteiger partial charge in [-0.25, -0.2) is 4.79 Å². The third-order valence-corrected chi connectivity index (χ3v) is 13.2. The van der Waals surface area contributed by atoms with E-state index in [1.54, 1.807) is 30.9 Å². The van der Waals surface area contributed by atoms with Gasteiger partial charge in [-0.05, 0) is 62.3 Å². The molecule has 2 rings (SSSR count). The summed E-state index contributed by atoms with van der Waals surface area (Å²) in [5, 5.41) is 16.2. The Bertz CT molecular complexity index is 1530. The summed E-state index contributed by atoms with van der Waals surface area (Å²) in [5.41, 5.74) is 0.785. The van der Waals surface area contributed by atoms with Crippen LogP contribution in [0.2, 0.25) is 0 Å². The standard InChI is InChI=1S/C46H79N5O8S/c1-16-31(8)40(50(13)44(55)38(28(2)3)48-43(54)39(29(4)5)49(12)27-46(10,11)60-30(6)7)36(58-14)26-37(52)51-24-20-23-35(51)41(59-15)32(9)42(53)47-34(45(56)57)25-33-21-18-17-19-22-33/h17-19,21-22,28-32,34-36,38-41H,16,20,23-27H2,1-15H3,(H,47,53)(H,48,54)(H,56,57)/t31-,32+,34-,35-,36+,38-,39-,40-,41+/m0/s1. The van der Waals surface area contributed by atoms with Crippen LogP contribution in [0.4, 0.5) is 0 Å². The number of thioether (sulfide) groups is 1. The lowest BCUT2D eigenvalue weighted by Gasteiger charge is -2.41. The van der Waals surface area contributed by atoms with Crippen LogP contribution in [0.3, 0.4) is 0 Å². The first-order valence-corrected chi connectivity index (χ1v) is 22.8. The molecule has 3 N–H and O–H groups in total. The van der Waals surface area contributed by atoms with Crippen LogP contribution in [0.15, 0.2) is 30.3 Å². The van der Waals surface area contributed by atoms with Gasteiger partial charge in [0.25, 0.3) is 0 Å².